The van der Waals surface area contributed by atoms with Crippen molar-refractivity contribution in [1.29, 1.82) is 0 Å². The maximum absolute atomic E-state index is 13.7. The Hall–Kier alpha value is -0.000000000000000111. The van der Waals surface area contributed by atoms with E-state index in [9.17, 15) is 9.18 Å². The summed E-state index contributed by atoms with van der Waals surface area (Å²) in [6.45, 7) is 2.08. The lowest BCUT2D eigenvalue weighted by atomic mass is 10.1. The maximum Gasteiger partial charge on any atom is 0.151 e. The summed E-state index contributed by atoms with van der Waals surface area (Å²) in [5.41, 5.74) is 0.492. The molecule has 0 bridgehead atoms. The molecule has 0 aromatic heterocycles. The van der Waals surface area contributed by atoms with Gasteiger partial charge in [-0.2, -0.15) is 11.8 Å². The Labute approximate surface area is 123 Å². The summed E-state index contributed by atoms with van der Waals surface area (Å²) in [4.78, 5) is 12.2. The van der Waals surface area contributed by atoms with Crippen LogP contribution in [0.2, 0.25) is 0 Å². The van der Waals surface area contributed by atoms with Crippen LogP contribution >= 0.6 is 39.5 Å². The van der Waals surface area contributed by atoms with Crippen LogP contribution in [0.5, 0.6) is 0 Å². The molecule has 1 nitrogen and oxygen atoms in total. The largest absolute Gasteiger partial charge is 0.298 e. The first-order valence-corrected chi connectivity index (χ1v) is 8.67. The van der Waals surface area contributed by atoms with E-state index >= 15 is 0 Å². The van der Waals surface area contributed by atoms with Crippen molar-refractivity contribution in [2.75, 3.05) is 11.5 Å². The van der Waals surface area contributed by atoms with Gasteiger partial charge in [-0.05, 0) is 17.7 Å². The maximum atomic E-state index is 13.7. The molecule has 98 valence electrons. The fourth-order valence-corrected chi connectivity index (χ4v) is 5.01. The van der Waals surface area contributed by atoms with E-state index in [2.05, 4.69) is 22.9 Å². The molecule has 1 fully saturated rings. The van der Waals surface area contributed by atoms with Gasteiger partial charge in [0.15, 0.2) is 5.78 Å². The summed E-state index contributed by atoms with van der Waals surface area (Å²) in [6.07, 6.45) is 0.196. The molecule has 2 unspecified atom stereocenters. The summed E-state index contributed by atoms with van der Waals surface area (Å²) in [6, 6.07) is 4.87. The number of thioether (sulfide) groups is 2. The fraction of sp³-hybridized carbons (Fsp3) is 0.462. The average Bonchev–Trinajstić information content (AvgIpc) is 2.33. The minimum Gasteiger partial charge on any atom is -0.298 e. The van der Waals surface area contributed by atoms with E-state index in [1.165, 1.54) is 6.07 Å². The summed E-state index contributed by atoms with van der Waals surface area (Å²) in [7, 11) is 0. The predicted octanol–water partition coefficient (Wildman–Crippen LogP) is 3.94. The molecule has 0 radical (unpaired) electrons. The number of carbonyl (C=O) groups is 1. The quantitative estimate of drug-likeness (QED) is 0.823. The van der Waals surface area contributed by atoms with Gasteiger partial charge in [-0.1, -0.05) is 28.9 Å². The number of rotatable bonds is 3. The first-order chi connectivity index (χ1) is 8.58. The van der Waals surface area contributed by atoms with Gasteiger partial charge in [-0.3, -0.25) is 4.79 Å². The van der Waals surface area contributed by atoms with E-state index < -0.39 is 0 Å². The smallest absolute Gasteiger partial charge is 0.151 e. The number of halogens is 2. The van der Waals surface area contributed by atoms with Crippen LogP contribution in [0.25, 0.3) is 0 Å². The monoisotopic (exact) mass is 348 g/mol. The van der Waals surface area contributed by atoms with Gasteiger partial charge in [0.25, 0.3) is 0 Å². The molecule has 18 heavy (non-hydrogen) atoms. The van der Waals surface area contributed by atoms with E-state index in [0.29, 0.717) is 15.3 Å². The lowest BCUT2D eigenvalue weighted by Crippen LogP contribution is -2.32. The number of hydrogen-bond donors (Lipinski definition) is 0. The standard InChI is InChI=1S/C13H14BrFOS2/c1-8-13(18-5-4-17-8)12(16)6-9-2-3-10(14)7-11(9)15/h2-3,7-8,13H,4-6H2,1H3. The van der Waals surface area contributed by atoms with Gasteiger partial charge in [0.1, 0.15) is 5.82 Å². The highest BCUT2D eigenvalue weighted by Gasteiger charge is 2.29. The van der Waals surface area contributed by atoms with Crippen molar-refractivity contribution in [3.05, 3.63) is 34.1 Å². The predicted molar refractivity (Wildman–Crippen MR) is 81.0 cm³/mol. The molecule has 1 heterocycles. The van der Waals surface area contributed by atoms with Crippen molar-refractivity contribution in [3.8, 4) is 0 Å². The third kappa shape index (κ3) is 3.52. The zero-order valence-corrected chi connectivity index (χ0v) is 13.2. The van der Waals surface area contributed by atoms with Gasteiger partial charge in [0.2, 0.25) is 0 Å². The van der Waals surface area contributed by atoms with Crippen LogP contribution in [0, 0.1) is 5.82 Å². The molecule has 2 rings (SSSR count). The molecule has 1 saturated heterocycles. The van der Waals surface area contributed by atoms with Crippen molar-refractivity contribution < 1.29 is 9.18 Å². The molecule has 0 N–H and O–H groups in total. The first-order valence-electron chi connectivity index (χ1n) is 5.78. The Kier molecular flexibility index (Phi) is 5.15. The van der Waals surface area contributed by atoms with E-state index in [4.69, 9.17) is 0 Å². The van der Waals surface area contributed by atoms with Gasteiger partial charge >= 0.3 is 0 Å². The molecular formula is C13H14BrFOS2. The Morgan fingerprint density at radius 1 is 1.44 bits per heavy atom. The highest BCUT2D eigenvalue weighted by atomic mass is 79.9. The molecule has 0 spiro atoms. The summed E-state index contributed by atoms with van der Waals surface area (Å²) in [5.74, 6) is 1.94. The Morgan fingerprint density at radius 2 is 2.17 bits per heavy atom. The van der Waals surface area contributed by atoms with Crippen LogP contribution in [0.4, 0.5) is 4.39 Å². The lowest BCUT2D eigenvalue weighted by Gasteiger charge is -2.26. The van der Waals surface area contributed by atoms with E-state index in [1.54, 1.807) is 23.9 Å². The molecular weight excluding hydrogens is 335 g/mol. The zero-order chi connectivity index (χ0) is 13.1. The topological polar surface area (TPSA) is 17.1 Å². The molecule has 1 aliphatic heterocycles. The van der Waals surface area contributed by atoms with Crippen LogP contribution in [-0.4, -0.2) is 27.8 Å². The summed E-state index contributed by atoms with van der Waals surface area (Å²) >= 11 is 6.75. The molecule has 2 atom stereocenters. The lowest BCUT2D eigenvalue weighted by molar-refractivity contribution is -0.117. The highest BCUT2D eigenvalue weighted by Crippen LogP contribution is 2.32. The average molecular weight is 349 g/mol. The van der Waals surface area contributed by atoms with Crippen molar-refractivity contribution in [2.24, 2.45) is 0 Å². The Bertz CT molecular complexity index is 453. The third-order valence-electron chi connectivity index (χ3n) is 2.88. The van der Waals surface area contributed by atoms with Crippen molar-refractivity contribution in [3.63, 3.8) is 0 Å². The number of hydrogen-bond acceptors (Lipinski definition) is 3. The van der Waals surface area contributed by atoms with Crippen LogP contribution in [0.15, 0.2) is 22.7 Å². The first kappa shape index (κ1) is 14.4. The fourth-order valence-electron chi connectivity index (χ4n) is 1.94. The van der Waals surface area contributed by atoms with Crippen LogP contribution < -0.4 is 0 Å². The van der Waals surface area contributed by atoms with Gasteiger partial charge in [-0.25, -0.2) is 4.39 Å². The van der Waals surface area contributed by atoms with Crippen molar-refractivity contribution in [1.82, 2.24) is 0 Å². The number of carbonyl (C=O) groups excluding carboxylic acids is 1. The summed E-state index contributed by atoms with van der Waals surface area (Å²) < 4.78 is 14.4. The second kappa shape index (κ2) is 6.44. The molecule has 0 aliphatic carbocycles. The Balaban J connectivity index is 2.06. The number of ketones is 1. The van der Waals surface area contributed by atoms with Gasteiger partial charge in [-0.15, -0.1) is 11.8 Å². The molecule has 0 saturated carbocycles. The van der Waals surface area contributed by atoms with Crippen LogP contribution in [0.3, 0.4) is 0 Å². The molecule has 1 aliphatic rings. The van der Waals surface area contributed by atoms with Crippen molar-refractivity contribution in [2.45, 2.75) is 23.8 Å². The minimum absolute atomic E-state index is 0.00629. The van der Waals surface area contributed by atoms with Gasteiger partial charge in [0.05, 0.1) is 5.25 Å². The highest BCUT2D eigenvalue weighted by molar-refractivity contribution is 9.10. The molecule has 0 amide bonds. The van der Waals surface area contributed by atoms with Gasteiger partial charge in [0, 0.05) is 27.6 Å². The molecule has 1 aromatic carbocycles. The zero-order valence-electron chi connectivity index (χ0n) is 9.99. The molecule has 1 aromatic rings. The number of benzene rings is 1. The third-order valence-corrected chi connectivity index (χ3v) is 6.52. The van der Waals surface area contributed by atoms with Crippen LogP contribution in [0.1, 0.15) is 12.5 Å². The van der Waals surface area contributed by atoms with E-state index in [1.807, 2.05) is 11.8 Å². The molecule has 5 heteroatoms. The second-order valence-electron chi connectivity index (χ2n) is 4.25. The second-order valence-corrected chi connectivity index (χ2v) is 7.90. The normalized spacial score (nSPS) is 23.9. The van der Waals surface area contributed by atoms with Crippen molar-refractivity contribution >= 4 is 45.2 Å². The Morgan fingerprint density at radius 3 is 2.83 bits per heavy atom. The minimum atomic E-state index is -0.307. The van der Waals surface area contributed by atoms with E-state index in [-0.39, 0.29) is 23.3 Å². The van der Waals surface area contributed by atoms with Gasteiger partial charge < -0.3 is 0 Å². The van der Waals surface area contributed by atoms with E-state index in [0.717, 1.165) is 11.5 Å². The van der Waals surface area contributed by atoms with Crippen LogP contribution in [-0.2, 0) is 11.2 Å². The SMILES string of the molecule is CC1SCCSC1C(=O)Cc1ccc(Br)cc1F. The summed E-state index contributed by atoms with van der Waals surface area (Å²) in [5, 5.41) is 0.335. The number of Topliss-reactive ketones (excluding diaryl/α,β-unsaturated/α-hetero) is 1.